The van der Waals surface area contributed by atoms with E-state index < -0.39 is 28.5 Å². The van der Waals surface area contributed by atoms with E-state index in [-0.39, 0.29) is 33.8 Å². The molecule has 2 amide bonds. The van der Waals surface area contributed by atoms with E-state index in [9.17, 15) is 18.0 Å². The fraction of sp³-hybridized carbons (Fsp3) is 0.286. The Hall–Kier alpha value is -3.56. The summed E-state index contributed by atoms with van der Waals surface area (Å²) >= 11 is 6.24. The second kappa shape index (κ2) is 12.3. The first-order chi connectivity index (χ1) is 18.0. The third-order valence-corrected chi connectivity index (χ3v) is 8.16. The largest absolute Gasteiger partial charge is 0.495 e. The predicted octanol–water partition coefficient (Wildman–Crippen LogP) is 4.32. The fourth-order valence-corrected chi connectivity index (χ4v) is 5.59. The minimum atomic E-state index is -4.23. The van der Waals surface area contributed by atoms with Crippen LogP contribution in [0.2, 0.25) is 5.02 Å². The number of ether oxygens (including phenoxy) is 1. The van der Waals surface area contributed by atoms with Crippen LogP contribution in [0.15, 0.2) is 71.6 Å². The van der Waals surface area contributed by atoms with Gasteiger partial charge < -0.3 is 15.0 Å². The molecule has 0 fully saturated rings. The molecule has 1 atom stereocenters. The van der Waals surface area contributed by atoms with Gasteiger partial charge in [0.05, 0.1) is 17.7 Å². The topological polar surface area (TPSA) is 96.0 Å². The molecule has 0 heterocycles. The van der Waals surface area contributed by atoms with E-state index in [1.54, 1.807) is 25.1 Å². The lowest BCUT2D eigenvalue weighted by atomic mass is 10.1. The summed E-state index contributed by atoms with van der Waals surface area (Å²) in [6, 6.07) is 17.6. The number of carbonyl (C=O) groups excluding carboxylic acids is 2. The standard InChI is InChI=1S/C28H32ClN3O5S/c1-19-9-12-24(13-10-19)38(35,36)32(25-16-23(29)11-14-26(25)37-5)18-27(33)31(21(3)28(34)30-4)17-22-8-6-7-20(2)15-22/h6-16,21H,17-18H2,1-5H3,(H,30,34). The second-order valence-electron chi connectivity index (χ2n) is 8.94. The number of hydrogen-bond donors (Lipinski definition) is 1. The molecule has 0 saturated carbocycles. The maximum atomic E-state index is 13.9. The summed E-state index contributed by atoms with van der Waals surface area (Å²) in [5.41, 5.74) is 2.80. The van der Waals surface area contributed by atoms with Crippen molar-refractivity contribution in [2.75, 3.05) is 25.0 Å². The number of methoxy groups -OCH3 is 1. The van der Waals surface area contributed by atoms with Crippen LogP contribution in [0.5, 0.6) is 5.75 Å². The molecule has 10 heteroatoms. The van der Waals surface area contributed by atoms with Crippen LogP contribution in [0.25, 0.3) is 0 Å². The zero-order valence-electron chi connectivity index (χ0n) is 22.1. The molecule has 3 aromatic rings. The monoisotopic (exact) mass is 557 g/mol. The summed E-state index contributed by atoms with van der Waals surface area (Å²) in [4.78, 5) is 27.8. The normalized spacial score (nSPS) is 11.9. The van der Waals surface area contributed by atoms with E-state index >= 15 is 0 Å². The number of hydrogen-bond acceptors (Lipinski definition) is 5. The smallest absolute Gasteiger partial charge is 0.264 e. The number of aryl methyl sites for hydroxylation is 2. The lowest BCUT2D eigenvalue weighted by Crippen LogP contribution is -2.50. The number of nitrogens with zero attached hydrogens (tertiary/aromatic N) is 2. The van der Waals surface area contributed by atoms with Gasteiger partial charge in [-0.05, 0) is 56.7 Å². The van der Waals surface area contributed by atoms with E-state index in [1.807, 2.05) is 38.1 Å². The lowest BCUT2D eigenvalue weighted by molar-refractivity contribution is -0.139. The van der Waals surface area contributed by atoms with Crippen molar-refractivity contribution >= 4 is 39.1 Å². The summed E-state index contributed by atoms with van der Waals surface area (Å²) in [7, 11) is -1.34. The minimum absolute atomic E-state index is 0.00233. The highest BCUT2D eigenvalue weighted by Crippen LogP contribution is 2.35. The van der Waals surface area contributed by atoms with Gasteiger partial charge in [-0.25, -0.2) is 8.42 Å². The number of rotatable bonds is 10. The first kappa shape index (κ1) is 29.0. The summed E-state index contributed by atoms with van der Waals surface area (Å²) < 4.78 is 34.3. The second-order valence-corrected chi connectivity index (χ2v) is 11.2. The van der Waals surface area contributed by atoms with Crippen LogP contribution in [0.3, 0.4) is 0 Å². The maximum absolute atomic E-state index is 13.9. The molecule has 3 aromatic carbocycles. The molecular formula is C28H32ClN3O5S. The number of sulfonamides is 1. The van der Waals surface area contributed by atoms with Crippen molar-refractivity contribution in [1.82, 2.24) is 10.2 Å². The van der Waals surface area contributed by atoms with Crippen LogP contribution in [0, 0.1) is 13.8 Å². The van der Waals surface area contributed by atoms with Crippen molar-refractivity contribution in [3.05, 3.63) is 88.4 Å². The van der Waals surface area contributed by atoms with Gasteiger partial charge in [0.25, 0.3) is 10.0 Å². The number of amides is 2. The molecule has 0 aromatic heterocycles. The summed E-state index contributed by atoms with van der Waals surface area (Å²) in [6.45, 7) is 4.91. The minimum Gasteiger partial charge on any atom is -0.495 e. The molecule has 0 aliphatic rings. The van der Waals surface area contributed by atoms with Crippen molar-refractivity contribution in [2.24, 2.45) is 0 Å². The van der Waals surface area contributed by atoms with Crippen LogP contribution in [-0.2, 0) is 26.2 Å². The van der Waals surface area contributed by atoms with E-state index in [4.69, 9.17) is 16.3 Å². The Balaban J connectivity index is 2.11. The van der Waals surface area contributed by atoms with Gasteiger partial charge in [-0.15, -0.1) is 0 Å². The van der Waals surface area contributed by atoms with Gasteiger partial charge in [-0.2, -0.15) is 0 Å². The van der Waals surface area contributed by atoms with E-state index in [0.29, 0.717) is 0 Å². The predicted molar refractivity (Wildman–Crippen MR) is 149 cm³/mol. The highest BCUT2D eigenvalue weighted by molar-refractivity contribution is 7.92. The molecule has 0 aliphatic heterocycles. The molecular weight excluding hydrogens is 526 g/mol. The summed E-state index contributed by atoms with van der Waals surface area (Å²) in [5, 5.41) is 2.84. The molecule has 202 valence electrons. The van der Waals surface area contributed by atoms with E-state index in [0.717, 1.165) is 21.0 Å². The molecule has 0 aliphatic carbocycles. The Morgan fingerprint density at radius 3 is 2.29 bits per heavy atom. The average molecular weight is 558 g/mol. The molecule has 0 radical (unpaired) electrons. The van der Waals surface area contributed by atoms with Crippen LogP contribution in [0.1, 0.15) is 23.6 Å². The molecule has 0 saturated heterocycles. The molecule has 0 bridgehead atoms. The van der Waals surface area contributed by atoms with Crippen molar-refractivity contribution in [3.63, 3.8) is 0 Å². The third-order valence-electron chi connectivity index (χ3n) is 6.15. The van der Waals surface area contributed by atoms with Crippen molar-refractivity contribution in [1.29, 1.82) is 0 Å². The van der Waals surface area contributed by atoms with E-state index in [2.05, 4.69) is 5.32 Å². The molecule has 0 spiro atoms. The van der Waals surface area contributed by atoms with Gasteiger partial charge >= 0.3 is 0 Å². The van der Waals surface area contributed by atoms with Gasteiger partial charge in [0.2, 0.25) is 11.8 Å². The quantitative estimate of drug-likeness (QED) is 0.400. The van der Waals surface area contributed by atoms with Crippen LogP contribution >= 0.6 is 11.6 Å². The highest BCUT2D eigenvalue weighted by atomic mass is 35.5. The maximum Gasteiger partial charge on any atom is 0.264 e. The van der Waals surface area contributed by atoms with Gasteiger partial charge in [0, 0.05) is 18.6 Å². The zero-order chi connectivity index (χ0) is 28.0. The Bertz CT molecular complexity index is 1410. The molecule has 1 N–H and O–H groups in total. The first-order valence-corrected chi connectivity index (χ1v) is 13.8. The SMILES string of the molecule is CNC(=O)C(C)N(Cc1cccc(C)c1)C(=O)CN(c1cc(Cl)ccc1OC)S(=O)(=O)c1ccc(C)cc1. The number of halogens is 1. The number of benzene rings is 3. The summed E-state index contributed by atoms with van der Waals surface area (Å²) in [6.07, 6.45) is 0. The van der Waals surface area contributed by atoms with Crippen LogP contribution in [0.4, 0.5) is 5.69 Å². The Kier molecular flexibility index (Phi) is 9.40. The van der Waals surface area contributed by atoms with E-state index in [1.165, 1.54) is 43.3 Å². The average Bonchev–Trinajstić information content (AvgIpc) is 2.89. The third kappa shape index (κ3) is 6.65. The number of anilines is 1. The van der Waals surface area contributed by atoms with Gasteiger partial charge in [-0.1, -0.05) is 59.1 Å². The van der Waals surface area contributed by atoms with Crippen LogP contribution in [-0.4, -0.2) is 51.9 Å². The van der Waals surface area contributed by atoms with Crippen molar-refractivity contribution < 1.29 is 22.7 Å². The van der Waals surface area contributed by atoms with Crippen molar-refractivity contribution in [3.8, 4) is 5.75 Å². The summed E-state index contributed by atoms with van der Waals surface area (Å²) in [5.74, 6) is -0.720. The fourth-order valence-electron chi connectivity index (χ4n) is 4.01. The van der Waals surface area contributed by atoms with Gasteiger partial charge in [0.15, 0.2) is 0 Å². The Morgan fingerprint density at radius 2 is 1.68 bits per heavy atom. The van der Waals surface area contributed by atoms with Crippen molar-refractivity contribution in [2.45, 2.75) is 38.3 Å². The highest BCUT2D eigenvalue weighted by Gasteiger charge is 2.33. The Morgan fingerprint density at radius 1 is 1.00 bits per heavy atom. The van der Waals surface area contributed by atoms with Gasteiger partial charge in [0.1, 0.15) is 18.3 Å². The number of likely N-dealkylation sites (N-methyl/N-ethyl adjacent to an activating group) is 1. The first-order valence-electron chi connectivity index (χ1n) is 12.0. The number of nitrogens with one attached hydrogen (secondary N) is 1. The number of carbonyl (C=O) groups is 2. The zero-order valence-corrected chi connectivity index (χ0v) is 23.6. The van der Waals surface area contributed by atoms with Crippen LogP contribution < -0.4 is 14.4 Å². The van der Waals surface area contributed by atoms with Gasteiger partial charge in [-0.3, -0.25) is 13.9 Å². The molecule has 1 unspecified atom stereocenters. The molecule has 38 heavy (non-hydrogen) atoms. The molecule has 3 rings (SSSR count). The molecule has 8 nitrogen and oxygen atoms in total. The Labute approximate surface area is 229 Å². The lowest BCUT2D eigenvalue weighted by Gasteiger charge is -2.32.